The average Bonchev–Trinajstić information content (AvgIpc) is 3.44. The summed E-state index contributed by atoms with van der Waals surface area (Å²) in [5, 5.41) is 0. The number of allylic oxidation sites excluding steroid dienone is 14. The summed E-state index contributed by atoms with van der Waals surface area (Å²) < 4.78 is 16.9. The normalized spacial score (nSPS) is 12.6. The van der Waals surface area contributed by atoms with E-state index in [1.807, 2.05) is 0 Å². The van der Waals surface area contributed by atoms with Gasteiger partial charge in [-0.15, -0.1) is 0 Å². The fourth-order valence-electron chi connectivity index (χ4n) is 9.66. The molecule has 0 aliphatic rings. The highest BCUT2D eigenvalue weighted by atomic mass is 16.6. The molecule has 6 nitrogen and oxygen atoms in total. The van der Waals surface area contributed by atoms with Crippen molar-refractivity contribution in [3.63, 3.8) is 0 Å². The van der Waals surface area contributed by atoms with E-state index in [0.29, 0.717) is 19.3 Å². The molecule has 0 aromatic carbocycles. The van der Waals surface area contributed by atoms with Gasteiger partial charge in [-0.3, -0.25) is 14.4 Å². The lowest BCUT2D eigenvalue weighted by atomic mass is 10.0. The number of carbonyl (C=O) groups excluding carboxylic acids is 3. The molecule has 0 saturated carbocycles. The number of carbonyl (C=O) groups is 3. The molecule has 78 heavy (non-hydrogen) atoms. The molecular formula is C72H126O6. The van der Waals surface area contributed by atoms with Crippen molar-refractivity contribution >= 4 is 17.9 Å². The Morgan fingerprint density at radius 3 is 0.782 bits per heavy atom. The fourth-order valence-corrected chi connectivity index (χ4v) is 9.66. The maximum atomic E-state index is 12.9. The Balaban J connectivity index is 4.14. The fraction of sp³-hybridized carbons (Fsp3) is 0.764. The maximum absolute atomic E-state index is 12.9. The number of hydrogen-bond acceptors (Lipinski definition) is 6. The third-order valence-corrected chi connectivity index (χ3v) is 14.7. The van der Waals surface area contributed by atoms with Crippen molar-refractivity contribution in [3.05, 3.63) is 85.1 Å². The Kier molecular flexibility index (Phi) is 63.2. The minimum atomic E-state index is -0.775. The first-order valence-corrected chi connectivity index (χ1v) is 33.6. The van der Waals surface area contributed by atoms with Gasteiger partial charge in [0.25, 0.3) is 0 Å². The Morgan fingerprint density at radius 2 is 0.500 bits per heavy atom. The van der Waals surface area contributed by atoms with E-state index < -0.39 is 6.10 Å². The standard InChI is InChI=1S/C72H126O6/c1-4-7-10-13-16-19-21-23-25-27-29-31-32-33-34-35-36-37-38-39-40-42-43-45-47-49-51-53-56-59-62-65-71(74)77-68-69(67-76-70(73)64-61-58-55-18-15-12-9-6-3)78-72(75)66-63-60-57-54-52-50-48-46-44-41-30-28-26-24-22-20-17-14-11-8-5-2/h7,10,16,19,23,25,29,31,33-34,36-37,39-40,69H,4-6,8-9,11-15,17-18,20-22,24,26-28,30,32,35,38,41-68H2,1-3H3/b10-7-,19-16-,25-23-,31-29-,34-33-,37-36-,40-39-. The van der Waals surface area contributed by atoms with Gasteiger partial charge in [0.1, 0.15) is 13.2 Å². The lowest BCUT2D eigenvalue weighted by Gasteiger charge is -2.18. The van der Waals surface area contributed by atoms with Gasteiger partial charge in [-0.1, -0.05) is 324 Å². The van der Waals surface area contributed by atoms with E-state index in [0.717, 1.165) is 109 Å². The highest BCUT2D eigenvalue weighted by molar-refractivity contribution is 5.71. The first-order chi connectivity index (χ1) is 38.5. The van der Waals surface area contributed by atoms with Crippen LogP contribution in [0.4, 0.5) is 0 Å². The van der Waals surface area contributed by atoms with E-state index in [1.165, 1.54) is 186 Å². The van der Waals surface area contributed by atoms with Gasteiger partial charge < -0.3 is 14.2 Å². The molecular weight excluding hydrogens is 961 g/mol. The quantitative estimate of drug-likeness (QED) is 0.0261. The molecule has 0 fully saturated rings. The number of ether oxygens (including phenoxy) is 3. The van der Waals surface area contributed by atoms with Gasteiger partial charge in [0, 0.05) is 19.3 Å². The minimum absolute atomic E-state index is 0.0735. The molecule has 0 N–H and O–H groups in total. The molecule has 0 rings (SSSR count). The first-order valence-electron chi connectivity index (χ1n) is 33.6. The molecule has 0 spiro atoms. The summed E-state index contributed by atoms with van der Waals surface area (Å²) in [5.74, 6) is -0.868. The van der Waals surface area contributed by atoms with E-state index in [2.05, 4.69) is 106 Å². The van der Waals surface area contributed by atoms with Crippen molar-refractivity contribution in [2.45, 2.75) is 341 Å². The zero-order valence-corrected chi connectivity index (χ0v) is 51.7. The van der Waals surface area contributed by atoms with Gasteiger partial charge >= 0.3 is 17.9 Å². The average molecular weight is 1090 g/mol. The maximum Gasteiger partial charge on any atom is 0.306 e. The van der Waals surface area contributed by atoms with E-state index in [4.69, 9.17) is 14.2 Å². The number of hydrogen-bond donors (Lipinski definition) is 0. The second kappa shape index (κ2) is 66.1. The van der Waals surface area contributed by atoms with Gasteiger partial charge in [-0.25, -0.2) is 0 Å². The van der Waals surface area contributed by atoms with Crippen LogP contribution >= 0.6 is 0 Å². The minimum Gasteiger partial charge on any atom is -0.462 e. The zero-order valence-electron chi connectivity index (χ0n) is 51.7. The van der Waals surface area contributed by atoms with Crippen LogP contribution in [0.1, 0.15) is 335 Å². The summed E-state index contributed by atoms with van der Waals surface area (Å²) in [4.78, 5) is 38.2. The third-order valence-electron chi connectivity index (χ3n) is 14.7. The summed E-state index contributed by atoms with van der Waals surface area (Å²) in [5.41, 5.74) is 0. The molecule has 0 saturated heterocycles. The summed E-state index contributed by atoms with van der Waals surface area (Å²) in [7, 11) is 0. The smallest absolute Gasteiger partial charge is 0.306 e. The van der Waals surface area contributed by atoms with Crippen molar-refractivity contribution in [1.82, 2.24) is 0 Å². The third kappa shape index (κ3) is 63.4. The molecule has 1 unspecified atom stereocenters. The highest BCUT2D eigenvalue weighted by Gasteiger charge is 2.19. The molecule has 1 atom stereocenters. The van der Waals surface area contributed by atoms with Gasteiger partial charge in [0.2, 0.25) is 0 Å². The second-order valence-electron chi connectivity index (χ2n) is 22.4. The Labute approximate surface area is 484 Å². The Bertz CT molecular complexity index is 1480. The molecule has 0 aliphatic heterocycles. The van der Waals surface area contributed by atoms with E-state index in [1.54, 1.807) is 0 Å². The van der Waals surface area contributed by atoms with Crippen molar-refractivity contribution < 1.29 is 28.6 Å². The van der Waals surface area contributed by atoms with Crippen LogP contribution in [0.5, 0.6) is 0 Å². The number of unbranched alkanes of at least 4 members (excludes halogenated alkanes) is 36. The topological polar surface area (TPSA) is 78.9 Å². The lowest BCUT2D eigenvalue weighted by molar-refractivity contribution is -0.167. The van der Waals surface area contributed by atoms with Crippen LogP contribution in [0.2, 0.25) is 0 Å². The van der Waals surface area contributed by atoms with Crippen LogP contribution in [0.15, 0.2) is 85.1 Å². The molecule has 0 aliphatic carbocycles. The van der Waals surface area contributed by atoms with Gasteiger partial charge in [0.05, 0.1) is 0 Å². The van der Waals surface area contributed by atoms with E-state index in [9.17, 15) is 14.4 Å². The van der Waals surface area contributed by atoms with Crippen molar-refractivity contribution in [3.8, 4) is 0 Å². The zero-order chi connectivity index (χ0) is 56.4. The summed E-state index contributed by atoms with van der Waals surface area (Å²) in [6.45, 7) is 6.53. The predicted molar refractivity (Wildman–Crippen MR) is 339 cm³/mol. The van der Waals surface area contributed by atoms with Gasteiger partial charge in [-0.2, -0.15) is 0 Å². The van der Waals surface area contributed by atoms with Crippen molar-refractivity contribution in [1.29, 1.82) is 0 Å². The highest BCUT2D eigenvalue weighted by Crippen LogP contribution is 2.17. The monoisotopic (exact) mass is 1090 g/mol. The Morgan fingerprint density at radius 1 is 0.269 bits per heavy atom. The molecule has 0 amide bonds. The van der Waals surface area contributed by atoms with Gasteiger partial charge in [0.15, 0.2) is 6.10 Å². The lowest BCUT2D eigenvalue weighted by Crippen LogP contribution is -2.30. The summed E-state index contributed by atoms with van der Waals surface area (Å²) >= 11 is 0. The molecule has 0 bridgehead atoms. The number of rotatable bonds is 61. The molecule has 450 valence electrons. The van der Waals surface area contributed by atoms with Crippen LogP contribution < -0.4 is 0 Å². The van der Waals surface area contributed by atoms with E-state index in [-0.39, 0.29) is 31.1 Å². The summed E-state index contributed by atoms with van der Waals surface area (Å²) in [6, 6.07) is 0. The largest absolute Gasteiger partial charge is 0.462 e. The molecule has 6 heteroatoms. The Hall–Kier alpha value is -3.41. The van der Waals surface area contributed by atoms with Crippen LogP contribution in [-0.2, 0) is 28.6 Å². The number of esters is 3. The van der Waals surface area contributed by atoms with E-state index >= 15 is 0 Å². The van der Waals surface area contributed by atoms with Crippen LogP contribution in [0.25, 0.3) is 0 Å². The molecule has 0 aromatic rings. The molecule has 0 aromatic heterocycles. The second-order valence-corrected chi connectivity index (χ2v) is 22.4. The van der Waals surface area contributed by atoms with Crippen molar-refractivity contribution in [2.24, 2.45) is 0 Å². The van der Waals surface area contributed by atoms with Crippen LogP contribution in [0.3, 0.4) is 0 Å². The molecule has 0 radical (unpaired) electrons. The SMILES string of the molecule is CC/C=C\C/C=C\C/C=C\C/C=C\C/C=C\C/C=C\C/C=C\CCCCCCCCCCCC(=O)OCC(COC(=O)CCCCCCCCCC)OC(=O)CCCCCCCCCCCCCCCCCCCCCCC. The summed E-state index contributed by atoms with van der Waals surface area (Å²) in [6.07, 6.45) is 87.6. The molecule has 0 heterocycles. The van der Waals surface area contributed by atoms with Crippen LogP contribution in [-0.4, -0.2) is 37.2 Å². The van der Waals surface area contributed by atoms with Gasteiger partial charge in [-0.05, 0) is 77.0 Å². The first kappa shape index (κ1) is 74.6. The van der Waals surface area contributed by atoms with Crippen molar-refractivity contribution in [2.75, 3.05) is 13.2 Å². The van der Waals surface area contributed by atoms with Crippen LogP contribution in [0, 0.1) is 0 Å². The predicted octanol–water partition coefficient (Wildman–Crippen LogP) is 23.1.